The molecule has 0 N–H and O–H groups in total. The van der Waals surface area contributed by atoms with E-state index in [0.717, 1.165) is 16.9 Å². The number of hydrogen-bond donors (Lipinski definition) is 0. The SMILES string of the molecule is C=CC(C)c1cccc2c1OC(=O)C2C. The summed E-state index contributed by atoms with van der Waals surface area (Å²) in [6.07, 6.45) is 1.85. The molecule has 0 spiro atoms. The number of esters is 1. The highest BCUT2D eigenvalue weighted by atomic mass is 16.5. The topological polar surface area (TPSA) is 26.3 Å². The van der Waals surface area contributed by atoms with Crippen molar-refractivity contribution in [2.45, 2.75) is 25.7 Å². The van der Waals surface area contributed by atoms with Crippen LogP contribution in [0.4, 0.5) is 0 Å². The van der Waals surface area contributed by atoms with E-state index in [0.29, 0.717) is 0 Å². The van der Waals surface area contributed by atoms with Gasteiger partial charge in [0, 0.05) is 17.0 Å². The summed E-state index contributed by atoms with van der Waals surface area (Å²) in [5.41, 5.74) is 2.03. The molecular formula is C13H14O2. The van der Waals surface area contributed by atoms with Crippen LogP contribution in [0, 0.1) is 0 Å². The molecule has 1 aliphatic rings. The van der Waals surface area contributed by atoms with Gasteiger partial charge in [-0.3, -0.25) is 4.79 Å². The van der Waals surface area contributed by atoms with Crippen LogP contribution in [-0.4, -0.2) is 5.97 Å². The number of carbonyl (C=O) groups is 1. The third kappa shape index (κ3) is 1.46. The van der Waals surface area contributed by atoms with Crippen molar-refractivity contribution in [3.63, 3.8) is 0 Å². The van der Waals surface area contributed by atoms with Crippen LogP contribution in [0.3, 0.4) is 0 Å². The number of allylic oxidation sites excluding steroid dienone is 1. The molecule has 0 radical (unpaired) electrons. The van der Waals surface area contributed by atoms with Crippen molar-refractivity contribution < 1.29 is 9.53 Å². The van der Waals surface area contributed by atoms with Gasteiger partial charge in [-0.25, -0.2) is 0 Å². The number of benzene rings is 1. The van der Waals surface area contributed by atoms with Crippen molar-refractivity contribution in [3.05, 3.63) is 42.0 Å². The van der Waals surface area contributed by atoms with Crippen LogP contribution in [0.1, 0.15) is 36.8 Å². The van der Waals surface area contributed by atoms with Crippen LogP contribution in [0.5, 0.6) is 5.75 Å². The fourth-order valence-corrected chi connectivity index (χ4v) is 1.83. The lowest BCUT2D eigenvalue weighted by molar-refractivity contribution is -0.133. The normalized spacial score (nSPS) is 20.7. The lowest BCUT2D eigenvalue weighted by atomic mass is 9.94. The highest BCUT2D eigenvalue weighted by Gasteiger charge is 2.31. The van der Waals surface area contributed by atoms with Gasteiger partial charge in [-0.05, 0) is 6.92 Å². The zero-order chi connectivity index (χ0) is 11.0. The molecule has 2 unspecified atom stereocenters. The number of rotatable bonds is 2. The van der Waals surface area contributed by atoms with E-state index in [4.69, 9.17) is 4.74 Å². The second-order valence-corrected chi connectivity index (χ2v) is 3.93. The number of para-hydroxylation sites is 1. The van der Waals surface area contributed by atoms with Crippen LogP contribution < -0.4 is 4.74 Å². The Bertz CT molecular complexity index is 421. The van der Waals surface area contributed by atoms with E-state index < -0.39 is 0 Å². The first-order chi connectivity index (χ1) is 7.15. The van der Waals surface area contributed by atoms with Gasteiger partial charge in [0.15, 0.2) is 0 Å². The quantitative estimate of drug-likeness (QED) is 0.418. The van der Waals surface area contributed by atoms with Gasteiger partial charge in [0.1, 0.15) is 5.75 Å². The molecule has 0 bridgehead atoms. The number of ether oxygens (including phenoxy) is 1. The standard InChI is InChI=1S/C13H14O2/c1-4-8(2)10-6-5-7-11-9(3)13(14)15-12(10)11/h4-9H,1H2,2-3H3. The molecule has 15 heavy (non-hydrogen) atoms. The minimum absolute atomic E-state index is 0.142. The third-order valence-electron chi connectivity index (χ3n) is 2.94. The van der Waals surface area contributed by atoms with E-state index in [1.165, 1.54) is 0 Å². The molecule has 1 aliphatic heterocycles. The summed E-state index contributed by atoms with van der Waals surface area (Å²) in [5.74, 6) is 0.645. The molecule has 0 amide bonds. The molecule has 78 valence electrons. The predicted molar refractivity (Wildman–Crippen MR) is 59.1 cm³/mol. The molecule has 1 aromatic rings. The predicted octanol–water partition coefficient (Wildman–Crippen LogP) is 3.00. The molecule has 2 atom stereocenters. The van der Waals surface area contributed by atoms with E-state index in [2.05, 4.69) is 6.58 Å². The minimum atomic E-state index is -0.159. The van der Waals surface area contributed by atoms with E-state index in [9.17, 15) is 4.79 Å². The van der Waals surface area contributed by atoms with E-state index in [-0.39, 0.29) is 17.8 Å². The molecule has 0 fully saturated rings. The van der Waals surface area contributed by atoms with Gasteiger partial charge in [-0.2, -0.15) is 0 Å². The van der Waals surface area contributed by atoms with Crippen molar-refractivity contribution in [2.24, 2.45) is 0 Å². The Morgan fingerprint density at radius 3 is 2.93 bits per heavy atom. The Morgan fingerprint density at radius 1 is 1.53 bits per heavy atom. The van der Waals surface area contributed by atoms with Gasteiger partial charge in [0.25, 0.3) is 0 Å². The van der Waals surface area contributed by atoms with Gasteiger partial charge in [0.2, 0.25) is 0 Å². The van der Waals surface area contributed by atoms with Crippen molar-refractivity contribution in [1.29, 1.82) is 0 Å². The Labute approximate surface area is 89.6 Å². The summed E-state index contributed by atoms with van der Waals surface area (Å²) >= 11 is 0. The first-order valence-corrected chi connectivity index (χ1v) is 5.12. The molecule has 0 aliphatic carbocycles. The lowest BCUT2D eigenvalue weighted by Crippen LogP contribution is -2.06. The second kappa shape index (κ2) is 3.54. The maximum Gasteiger partial charge on any atom is 0.318 e. The van der Waals surface area contributed by atoms with Crippen LogP contribution in [0.15, 0.2) is 30.9 Å². The number of fused-ring (bicyclic) bond motifs is 1. The molecule has 1 aromatic carbocycles. The fourth-order valence-electron chi connectivity index (χ4n) is 1.83. The Balaban J connectivity index is 2.54. The monoisotopic (exact) mass is 202 g/mol. The fraction of sp³-hybridized carbons (Fsp3) is 0.308. The van der Waals surface area contributed by atoms with Crippen molar-refractivity contribution >= 4 is 5.97 Å². The molecule has 2 heteroatoms. The Kier molecular flexibility index (Phi) is 2.35. The smallest absolute Gasteiger partial charge is 0.318 e. The van der Waals surface area contributed by atoms with E-state index in [1.807, 2.05) is 38.1 Å². The first kappa shape index (κ1) is 9.97. The average Bonchev–Trinajstić information content (AvgIpc) is 2.54. The molecule has 0 saturated heterocycles. The summed E-state index contributed by atoms with van der Waals surface area (Å²) in [6.45, 7) is 7.67. The van der Waals surface area contributed by atoms with Gasteiger partial charge in [-0.1, -0.05) is 31.2 Å². The first-order valence-electron chi connectivity index (χ1n) is 5.12. The lowest BCUT2D eigenvalue weighted by Gasteiger charge is -2.10. The van der Waals surface area contributed by atoms with Crippen LogP contribution in [0.25, 0.3) is 0 Å². The Morgan fingerprint density at radius 2 is 2.27 bits per heavy atom. The summed E-state index contributed by atoms with van der Waals surface area (Å²) in [5, 5.41) is 0. The second-order valence-electron chi connectivity index (χ2n) is 3.93. The van der Waals surface area contributed by atoms with Crippen LogP contribution >= 0.6 is 0 Å². The molecular weight excluding hydrogens is 188 g/mol. The maximum absolute atomic E-state index is 11.4. The highest BCUT2D eigenvalue weighted by molar-refractivity contribution is 5.86. The van der Waals surface area contributed by atoms with Crippen molar-refractivity contribution in [1.82, 2.24) is 0 Å². The maximum atomic E-state index is 11.4. The van der Waals surface area contributed by atoms with E-state index in [1.54, 1.807) is 0 Å². The van der Waals surface area contributed by atoms with Crippen LogP contribution in [-0.2, 0) is 4.79 Å². The zero-order valence-electron chi connectivity index (χ0n) is 8.99. The summed E-state index contributed by atoms with van der Waals surface area (Å²) in [7, 11) is 0. The number of hydrogen-bond acceptors (Lipinski definition) is 2. The molecule has 2 nitrogen and oxygen atoms in total. The van der Waals surface area contributed by atoms with Gasteiger partial charge in [0.05, 0.1) is 5.92 Å². The van der Waals surface area contributed by atoms with Gasteiger partial charge < -0.3 is 4.74 Å². The van der Waals surface area contributed by atoms with Crippen LogP contribution in [0.2, 0.25) is 0 Å². The molecule has 0 saturated carbocycles. The largest absolute Gasteiger partial charge is 0.425 e. The third-order valence-corrected chi connectivity index (χ3v) is 2.94. The summed E-state index contributed by atoms with van der Waals surface area (Å²) in [6, 6.07) is 5.90. The zero-order valence-corrected chi connectivity index (χ0v) is 8.99. The Hall–Kier alpha value is -1.57. The van der Waals surface area contributed by atoms with E-state index >= 15 is 0 Å². The number of carbonyl (C=O) groups excluding carboxylic acids is 1. The summed E-state index contributed by atoms with van der Waals surface area (Å²) < 4.78 is 5.29. The van der Waals surface area contributed by atoms with Crippen molar-refractivity contribution in [2.75, 3.05) is 0 Å². The molecule has 1 heterocycles. The summed E-state index contributed by atoms with van der Waals surface area (Å²) in [4.78, 5) is 11.4. The van der Waals surface area contributed by atoms with Gasteiger partial charge in [-0.15, -0.1) is 6.58 Å². The highest BCUT2D eigenvalue weighted by Crippen LogP contribution is 2.40. The molecule has 0 aromatic heterocycles. The minimum Gasteiger partial charge on any atom is -0.425 e. The molecule has 2 rings (SSSR count). The average molecular weight is 202 g/mol. The van der Waals surface area contributed by atoms with Gasteiger partial charge >= 0.3 is 5.97 Å². The van der Waals surface area contributed by atoms with Crippen molar-refractivity contribution in [3.8, 4) is 5.75 Å².